The molecule has 0 radical (unpaired) electrons. The highest BCUT2D eigenvalue weighted by Crippen LogP contribution is 2.28. The van der Waals surface area contributed by atoms with Gasteiger partial charge in [0.25, 0.3) is 5.91 Å². The minimum atomic E-state index is -0.955. The Kier molecular flexibility index (Phi) is 5.13. The van der Waals surface area contributed by atoms with Gasteiger partial charge in [-0.2, -0.15) is 0 Å². The number of thiazole rings is 1. The Balaban J connectivity index is 1.80. The van der Waals surface area contributed by atoms with E-state index < -0.39 is 17.5 Å². The second-order valence-corrected chi connectivity index (χ2v) is 6.05. The third-order valence-corrected chi connectivity index (χ3v) is 4.35. The summed E-state index contributed by atoms with van der Waals surface area (Å²) in [5.74, 6) is -1.36. The lowest BCUT2D eigenvalue weighted by atomic mass is 10.1. The molecule has 0 fully saturated rings. The number of hydrogen-bond donors (Lipinski definition) is 1. The summed E-state index contributed by atoms with van der Waals surface area (Å²) in [6.07, 6.45) is 0. The number of rotatable bonds is 5. The van der Waals surface area contributed by atoms with E-state index in [2.05, 4.69) is 10.3 Å². The van der Waals surface area contributed by atoms with E-state index in [4.69, 9.17) is 9.47 Å². The molecule has 0 atom stereocenters. The van der Waals surface area contributed by atoms with Crippen molar-refractivity contribution >= 4 is 22.4 Å². The maximum atomic E-state index is 13.4. The summed E-state index contributed by atoms with van der Waals surface area (Å²) in [7, 11) is 2.97. The van der Waals surface area contributed by atoms with Gasteiger partial charge in [-0.25, -0.2) is 13.8 Å². The number of carbonyl (C=O) groups excluding carboxylic acids is 1. The average molecular weight is 376 g/mol. The molecule has 0 bridgehead atoms. The molecule has 8 heteroatoms. The Morgan fingerprint density at radius 1 is 1.08 bits per heavy atom. The van der Waals surface area contributed by atoms with Gasteiger partial charge in [-0.1, -0.05) is 0 Å². The van der Waals surface area contributed by atoms with E-state index in [-0.39, 0.29) is 0 Å². The summed E-state index contributed by atoms with van der Waals surface area (Å²) in [6.45, 7) is 0. The molecule has 134 valence electrons. The van der Waals surface area contributed by atoms with Gasteiger partial charge in [0.1, 0.15) is 11.5 Å². The van der Waals surface area contributed by atoms with Crippen molar-refractivity contribution in [3.8, 4) is 22.8 Å². The van der Waals surface area contributed by atoms with Crippen molar-refractivity contribution in [3.63, 3.8) is 0 Å². The molecular weight excluding hydrogens is 362 g/mol. The first-order chi connectivity index (χ1) is 12.5. The van der Waals surface area contributed by atoms with Gasteiger partial charge >= 0.3 is 0 Å². The first kappa shape index (κ1) is 17.8. The second-order valence-electron chi connectivity index (χ2n) is 5.19. The van der Waals surface area contributed by atoms with Gasteiger partial charge in [0.05, 0.1) is 25.5 Å². The van der Waals surface area contributed by atoms with Crippen molar-refractivity contribution in [2.75, 3.05) is 19.5 Å². The summed E-state index contributed by atoms with van der Waals surface area (Å²) in [5, 5.41) is 4.64. The van der Waals surface area contributed by atoms with Crippen LogP contribution in [0.4, 0.5) is 13.9 Å². The SMILES string of the molecule is COc1ccc(C(=O)Nc2nc(-c3ccc(F)c(F)c3)cs2)c(OC)c1. The highest BCUT2D eigenvalue weighted by atomic mass is 32.1. The van der Waals surface area contributed by atoms with Crippen LogP contribution in [-0.2, 0) is 0 Å². The normalized spacial score (nSPS) is 10.5. The third-order valence-electron chi connectivity index (χ3n) is 3.59. The van der Waals surface area contributed by atoms with E-state index in [0.717, 1.165) is 12.1 Å². The second kappa shape index (κ2) is 7.49. The molecule has 0 saturated carbocycles. The van der Waals surface area contributed by atoms with Crippen LogP contribution in [0.5, 0.6) is 11.5 Å². The molecule has 0 saturated heterocycles. The lowest BCUT2D eigenvalue weighted by molar-refractivity contribution is 0.102. The molecule has 0 unspecified atom stereocenters. The van der Waals surface area contributed by atoms with Crippen LogP contribution in [0.25, 0.3) is 11.3 Å². The zero-order chi connectivity index (χ0) is 18.7. The Morgan fingerprint density at radius 2 is 1.88 bits per heavy atom. The third kappa shape index (κ3) is 3.65. The van der Waals surface area contributed by atoms with Crippen LogP contribution in [0, 0.1) is 11.6 Å². The fourth-order valence-electron chi connectivity index (χ4n) is 2.27. The van der Waals surface area contributed by atoms with E-state index in [1.165, 1.54) is 31.6 Å². The molecule has 1 amide bonds. The van der Waals surface area contributed by atoms with Gasteiger partial charge in [-0.05, 0) is 30.3 Å². The zero-order valence-electron chi connectivity index (χ0n) is 13.9. The van der Waals surface area contributed by atoms with Crippen LogP contribution < -0.4 is 14.8 Å². The van der Waals surface area contributed by atoms with Crippen LogP contribution in [0.1, 0.15) is 10.4 Å². The van der Waals surface area contributed by atoms with E-state index in [0.29, 0.717) is 33.5 Å². The van der Waals surface area contributed by atoms with Gasteiger partial charge in [-0.3, -0.25) is 10.1 Å². The molecule has 5 nitrogen and oxygen atoms in total. The molecule has 1 N–H and O–H groups in total. The molecular formula is C18H14F2N2O3S. The topological polar surface area (TPSA) is 60.5 Å². The van der Waals surface area contributed by atoms with Crippen molar-refractivity contribution in [1.29, 1.82) is 0 Å². The zero-order valence-corrected chi connectivity index (χ0v) is 14.7. The molecule has 1 heterocycles. The van der Waals surface area contributed by atoms with Gasteiger partial charge in [0.2, 0.25) is 0 Å². The summed E-state index contributed by atoms with van der Waals surface area (Å²) >= 11 is 1.17. The van der Waals surface area contributed by atoms with Crippen molar-refractivity contribution in [2.45, 2.75) is 0 Å². The number of methoxy groups -OCH3 is 2. The van der Waals surface area contributed by atoms with Crippen molar-refractivity contribution in [2.24, 2.45) is 0 Å². The smallest absolute Gasteiger partial charge is 0.261 e. The van der Waals surface area contributed by atoms with E-state index in [1.807, 2.05) is 0 Å². The maximum Gasteiger partial charge on any atom is 0.261 e. The van der Waals surface area contributed by atoms with Crippen molar-refractivity contribution in [3.05, 3.63) is 59.0 Å². The number of carbonyl (C=O) groups is 1. The minimum absolute atomic E-state index is 0.317. The molecule has 3 aromatic rings. The quantitative estimate of drug-likeness (QED) is 0.719. The number of hydrogen-bond acceptors (Lipinski definition) is 5. The number of nitrogens with one attached hydrogen (secondary N) is 1. The van der Waals surface area contributed by atoms with Gasteiger partial charge in [0, 0.05) is 17.0 Å². The van der Waals surface area contributed by atoms with Crippen LogP contribution in [0.15, 0.2) is 41.8 Å². The standard InChI is InChI=1S/C18H14F2N2O3S/c1-24-11-4-5-12(16(8-11)25-2)17(23)22-18-21-15(9-26-18)10-3-6-13(19)14(20)7-10/h3-9H,1-2H3,(H,21,22,23). The molecule has 0 aliphatic carbocycles. The van der Waals surface area contributed by atoms with Gasteiger partial charge < -0.3 is 9.47 Å². The number of halogens is 2. The van der Waals surface area contributed by atoms with E-state index >= 15 is 0 Å². The highest BCUT2D eigenvalue weighted by molar-refractivity contribution is 7.14. The number of ether oxygens (including phenoxy) is 2. The maximum absolute atomic E-state index is 13.4. The lowest BCUT2D eigenvalue weighted by Crippen LogP contribution is -2.13. The predicted molar refractivity (Wildman–Crippen MR) is 95.0 cm³/mol. The average Bonchev–Trinajstić information content (AvgIpc) is 3.11. The highest BCUT2D eigenvalue weighted by Gasteiger charge is 2.16. The van der Waals surface area contributed by atoms with Crippen LogP contribution in [-0.4, -0.2) is 25.1 Å². The molecule has 3 rings (SSSR count). The molecule has 0 aliphatic heterocycles. The number of benzene rings is 2. The fourth-order valence-corrected chi connectivity index (χ4v) is 2.98. The number of aromatic nitrogens is 1. The first-order valence-electron chi connectivity index (χ1n) is 7.46. The van der Waals surface area contributed by atoms with E-state index in [1.54, 1.807) is 23.6 Å². The Morgan fingerprint density at radius 3 is 2.58 bits per heavy atom. The molecule has 0 aliphatic rings. The summed E-state index contributed by atoms with van der Waals surface area (Å²) in [5.41, 5.74) is 1.17. The van der Waals surface area contributed by atoms with Gasteiger partial charge in [0.15, 0.2) is 16.8 Å². The molecule has 26 heavy (non-hydrogen) atoms. The predicted octanol–water partition coefficient (Wildman–Crippen LogP) is 4.36. The Bertz CT molecular complexity index is 959. The van der Waals surface area contributed by atoms with Gasteiger partial charge in [-0.15, -0.1) is 11.3 Å². The van der Waals surface area contributed by atoms with Crippen LogP contribution in [0.2, 0.25) is 0 Å². The lowest BCUT2D eigenvalue weighted by Gasteiger charge is -2.09. The van der Waals surface area contributed by atoms with Crippen LogP contribution >= 0.6 is 11.3 Å². The molecule has 0 spiro atoms. The number of amides is 1. The molecule has 1 aromatic heterocycles. The Hall–Kier alpha value is -3.00. The molecule has 2 aromatic carbocycles. The van der Waals surface area contributed by atoms with Crippen molar-refractivity contribution < 1.29 is 23.0 Å². The fraction of sp³-hybridized carbons (Fsp3) is 0.111. The number of anilines is 1. The van der Waals surface area contributed by atoms with Crippen LogP contribution in [0.3, 0.4) is 0 Å². The summed E-state index contributed by atoms with van der Waals surface area (Å²) in [4.78, 5) is 16.7. The van der Waals surface area contributed by atoms with Crippen molar-refractivity contribution in [1.82, 2.24) is 4.98 Å². The minimum Gasteiger partial charge on any atom is -0.497 e. The summed E-state index contributed by atoms with van der Waals surface area (Å²) < 4.78 is 36.7. The number of nitrogens with zero attached hydrogens (tertiary/aromatic N) is 1. The largest absolute Gasteiger partial charge is 0.497 e. The monoisotopic (exact) mass is 376 g/mol. The Labute approximate surface area is 152 Å². The van der Waals surface area contributed by atoms with E-state index in [9.17, 15) is 13.6 Å². The first-order valence-corrected chi connectivity index (χ1v) is 8.34. The summed E-state index contributed by atoms with van der Waals surface area (Å²) in [6, 6.07) is 8.34.